The molecule has 0 spiro atoms. The second-order valence-corrected chi connectivity index (χ2v) is 2.74. The SMILES string of the molecule is [CH2]c1ccccc1-c1ccc[nH]1. The van der Waals surface area contributed by atoms with Gasteiger partial charge in [-0.25, -0.2) is 0 Å². The van der Waals surface area contributed by atoms with Crippen molar-refractivity contribution >= 4 is 0 Å². The molecule has 1 nitrogen and oxygen atoms in total. The summed E-state index contributed by atoms with van der Waals surface area (Å²) >= 11 is 0. The van der Waals surface area contributed by atoms with E-state index in [9.17, 15) is 0 Å². The van der Waals surface area contributed by atoms with Crippen LogP contribution in [0.3, 0.4) is 0 Å². The molecule has 2 aromatic rings. The Kier molecular flexibility index (Phi) is 1.71. The van der Waals surface area contributed by atoms with Gasteiger partial charge in [-0.15, -0.1) is 0 Å². The number of hydrogen-bond acceptors (Lipinski definition) is 0. The van der Waals surface area contributed by atoms with Gasteiger partial charge in [0.1, 0.15) is 0 Å². The van der Waals surface area contributed by atoms with Gasteiger partial charge < -0.3 is 4.98 Å². The lowest BCUT2D eigenvalue weighted by Crippen LogP contribution is -1.80. The van der Waals surface area contributed by atoms with Gasteiger partial charge in [-0.3, -0.25) is 0 Å². The number of rotatable bonds is 1. The van der Waals surface area contributed by atoms with Crippen LogP contribution in [0.25, 0.3) is 11.3 Å². The van der Waals surface area contributed by atoms with Crippen molar-refractivity contribution < 1.29 is 0 Å². The molecule has 1 N–H and O–H groups in total. The van der Waals surface area contributed by atoms with Gasteiger partial charge in [0.2, 0.25) is 0 Å². The van der Waals surface area contributed by atoms with Gasteiger partial charge in [-0.2, -0.15) is 0 Å². The van der Waals surface area contributed by atoms with Crippen molar-refractivity contribution in [2.75, 3.05) is 0 Å². The predicted octanol–water partition coefficient (Wildman–Crippen LogP) is 2.86. The van der Waals surface area contributed by atoms with Crippen LogP contribution in [0, 0.1) is 6.92 Å². The van der Waals surface area contributed by atoms with E-state index in [4.69, 9.17) is 0 Å². The summed E-state index contributed by atoms with van der Waals surface area (Å²) in [6.07, 6.45) is 1.92. The summed E-state index contributed by atoms with van der Waals surface area (Å²) in [6.45, 7) is 3.96. The molecular formula is C11H10N. The van der Waals surface area contributed by atoms with E-state index in [0.717, 1.165) is 11.3 Å². The van der Waals surface area contributed by atoms with Crippen molar-refractivity contribution in [2.24, 2.45) is 0 Å². The molecule has 0 amide bonds. The molecule has 1 heteroatoms. The Hall–Kier alpha value is -1.50. The highest BCUT2D eigenvalue weighted by atomic mass is 14.7. The van der Waals surface area contributed by atoms with Crippen LogP contribution in [0.1, 0.15) is 5.56 Å². The molecule has 0 aliphatic rings. The normalized spacial score (nSPS) is 10.1. The van der Waals surface area contributed by atoms with Crippen LogP contribution < -0.4 is 0 Å². The first-order chi connectivity index (χ1) is 5.88. The predicted molar refractivity (Wildman–Crippen MR) is 50.7 cm³/mol. The maximum atomic E-state index is 3.96. The lowest BCUT2D eigenvalue weighted by atomic mass is 10.1. The van der Waals surface area contributed by atoms with E-state index < -0.39 is 0 Å². The van der Waals surface area contributed by atoms with E-state index in [1.54, 1.807) is 0 Å². The summed E-state index contributed by atoms with van der Waals surface area (Å²) in [6, 6.07) is 12.1. The van der Waals surface area contributed by atoms with Crippen molar-refractivity contribution in [3.05, 3.63) is 55.1 Å². The fourth-order valence-electron chi connectivity index (χ4n) is 1.28. The monoisotopic (exact) mass is 156 g/mol. The third-order valence-corrected chi connectivity index (χ3v) is 1.91. The van der Waals surface area contributed by atoms with Gasteiger partial charge in [-0.05, 0) is 24.6 Å². The number of hydrogen-bond donors (Lipinski definition) is 1. The van der Waals surface area contributed by atoms with Crippen molar-refractivity contribution in [3.8, 4) is 11.3 Å². The molecule has 1 aromatic carbocycles. The van der Waals surface area contributed by atoms with Crippen LogP contribution in [0.4, 0.5) is 0 Å². The summed E-state index contributed by atoms with van der Waals surface area (Å²) in [7, 11) is 0. The minimum atomic E-state index is 1.06. The highest BCUT2D eigenvalue weighted by Gasteiger charge is 1.99. The number of nitrogens with one attached hydrogen (secondary N) is 1. The first-order valence-electron chi connectivity index (χ1n) is 3.92. The molecule has 0 bridgehead atoms. The standard InChI is InChI=1S/C11H10N/c1-9-5-2-3-6-10(9)11-7-4-8-12-11/h2-8,12H,1H2. The first kappa shape index (κ1) is 7.17. The number of H-pyrrole nitrogens is 1. The smallest absolute Gasteiger partial charge is 0.0456 e. The van der Waals surface area contributed by atoms with E-state index in [2.05, 4.69) is 18.0 Å². The molecular weight excluding hydrogens is 146 g/mol. The van der Waals surface area contributed by atoms with Crippen LogP contribution in [-0.4, -0.2) is 4.98 Å². The van der Waals surface area contributed by atoms with Crippen molar-refractivity contribution in [1.82, 2.24) is 4.98 Å². The minimum absolute atomic E-state index is 1.06. The molecule has 0 fully saturated rings. The van der Waals surface area contributed by atoms with E-state index in [-0.39, 0.29) is 0 Å². The molecule has 59 valence electrons. The van der Waals surface area contributed by atoms with Gasteiger partial charge in [0, 0.05) is 17.5 Å². The third-order valence-electron chi connectivity index (χ3n) is 1.91. The Morgan fingerprint density at radius 1 is 1.00 bits per heavy atom. The number of aromatic amines is 1. The van der Waals surface area contributed by atoms with Crippen LogP contribution in [0.5, 0.6) is 0 Å². The Morgan fingerprint density at radius 3 is 2.50 bits per heavy atom. The first-order valence-corrected chi connectivity index (χ1v) is 3.92. The number of aromatic nitrogens is 1. The topological polar surface area (TPSA) is 15.8 Å². The molecule has 0 saturated heterocycles. The zero-order chi connectivity index (χ0) is 8.39. The molecule has 2 rings (SSSR count). The van der Waals surface area contributed by atoms with E-state index in [0.29, 0.717) is 0 Å². The third kappa shape index (κ3) is 1.14. The molecule has 1 radical (unpaired) electrons. The molecule has 0 unspecified atom stereocenters. The van der Waals surface area contributed by atoms with Gasteiger partial charge in [-0.1, -0.05) is 24.3 Å². The fourth-order valence-corrected chi connectivity index (χ4v) is 1.28. The van der Waals surface area contributed by atoms with Crippen LogP contribution >= 0.6 is 0 Å². The van der Waals surface area contributed by atoms with Gasteiger partial charge in [0.05, 0.1) is 0 Å². The van der Waals surface area contributed by atoms with Gasteiger partial charge in [0.15, 0.2) is 0 Å². The van der Waals surface area contributed by atoms with Crippen molar-refractivity contribution in [1.29, 1.82) is 0 Å². The Morgan fingerprint density at radius 2 is 1.83 bits per heavy atom. The van der Waals surface area contributed by atoms with Crippen LogP contribution in [0.15, 0.2) is 42.6 Å². The minimum Gasteiger partial charge on any atom is -0.361 e. The highest BCUT2D eigenvalue weighted by Crippen LogP contribution is 2.20. The van der Waals surface area contributed by atoms with Gasteiger partial charge in [0.25, 0.3) is 0 Å². The second kappa shape index (κ2) is 2.86. The maximum Gasteiger partial charge on any atom is 0.0456 e. The van der Waals surface area contributed by atoms with Crippen LogP contribution in [-0.2, 0) is 0 Å². The average Bonchev–Trinajstić information content (AvgIpc) is 2.57. The van der Waals surface area contributed by atoms with E-state index >= 15 is 0 Å². The highest BCUT2D eigenvalue weighted by molar-refractivity contribution is 5.64. The zero-order valence-electron chi connectivity index (χ0n) is 6.75. The lowest BCUT2D eigenvalue weighted by molar-refractivity contribution is 1.39. The van der Waals surface area contributed by atoms with E-state index in [1.807, 2.05) is 36.5 Å². The summed E-state index contributed by atoms with van der Waals surface area (Å²) in [5.74, 6) is 0. The Balaban J connectivity index is 2.55. The second-order valence-electron chi connectivity index (χ2n) is 2.74. The summed E-state index contributed by atoms with van der Waals surface area (Å²) < 4.78 is 0. The number of benzene rings is 1. The fraction of sp³-hybridized carbons (Fsp3) is 0. The molecule has 0 aliphatic heterocycles. The Labute approximate surface area is 72.1 Å². The summed E-state index contributed by atoms with van der Waals surface area (Å²) in [5.41, 5.74) is 3.35. The molecule has 1 heterocycles. The Bertz CT molecular complexity index is 360. The average molecular weight is 156 g/mol. The molecule has 0 atom stereocenters. The molecule has 0 aliphatic carbocycles. The largest absolute Gasteiger partial charge is 0.361 e. The molecule has 0 saturated carbocycles. The van der Waals surface area contributed by atoms with Gasteiger partial charge >= 0.3 is 0 Å². The summed E-state index contributed by atoms with van der Waals surface area (Å²) in [5, 5.41) is 0. The molecule has 12 heavy (non-hydrogen) atoms. The summed E-state index contributed by atoms with van der Waals surface area (Å²) in [4.78, 5) is 3.15. The maximum absolute atomic E-state index is 3.96. The zero-order valence-corrected chi connectivity index (χ0v) is 6.75. The van der Waals surface area contributed by atoms with Crippen molar-refractivity contribution in [2.45, 2.75) is 0 Å². The lowest BCUT2D eigenvalue weighted by Gasteiger charge is -2.01. The van der Waals surface area contributed by atoms with Crippen molar-refractivity contribution in [3.63, 3.8) is 0 Å². The van der Waals surface area contributed by atoms with Crippen LogP contribution in [0.2, 0.25) is 0 Å². The van der Waals surface area contributed by atoms with E-state index in [1.165, 1.54) is 5.56 Å². The quantitative estimate of drug-likeness (QED) is 0.653. The molecule has 1 aromatic heterocycles.